The number of likely N-dealkylation sites (tertiary alicyclic amines) is 1. The smallest absolute Gasteiger partial charge is 0.270 e. The molecule has 0 radical (unpaired) electrons. The number of rotatable bonds is 4. The summed E-state index contributed by atoms with van der Waals surface area (Å²) in [5.41, 5.74) is 1.77. The SMILES string of the molecule is O=C(c1ccc[nH]1)N1CCC[C@H]1Cn1cc(C2CC2)nn1. The second-order valence-electron chi connectivity index (χ2n) is 6.02. The van der Waals surface area contributed by atoms with Crippen LogP contribution in [0.5, 0.6) is 0 Å². The molecule has 1 amide bonds. The minimum atomic E-state index is 0.0880. The molecular weight excluding hydrogens is 266 g/mol. The molecule has 1 saturated heterocycles. The zero-order valence-corrected chi connectivity index (χ0v) is 11.9. The molecule has 0 unspecified atom stereocenters. The topological polar surface area (TPSA) is 66.8 Å². The number of amides is 1. The van der Waals surface area contributed by atoms with Crippen LogP contribution in [0, 0.1) is 0 Å². The van der Waals surface area contributed by atoms with Crippen molar-refractivity contribution in [2.75, 3.05) is 6.54 Å². The second-order valence-corrected chi connectivity index (χ2v) is 6.02. The zero-order valence-electron chi connectivity index (χ0n) is 11.9. The Morgan fingerprint density at radius 3 is 3.05 bits per heavy atom. The molecule has 21 heavy (non-hydrogen) atoms. The molecule has 110 valence electrons. The molecule has 6 heteroatoms. The number of carbonyl (C=O) groups is 1. The number of hydrogen-bond donors (Lipinski definition) is 1. The van der Waals surface area contributed by atoms with E-state index < -0.39 is 0 Å². The summed E-state index contributed by atoms with van der Waals surface area (Å²) >= 11 is 0. The average Bonchev–Trinajstić information content (AvgIpc) is 2.96. The minimum absolute atomic E-state index is 0.0880. The molecule has 1 aliphatic heterocycles. The summed E-state index contributed by atoms with van der Waals surface area (Å²) in [4.78, 5) is 17.4. The Morgan fingerprint density at radius 2 is 2.29 bits per heavy atom. The third-order valence-electron chi connectivity index (χ3n) is 4.42. The third kappa shape index (κ3) is 2.46. The lowest BCUT2D eigenvalue weighted by molar-refractivity contribution is 0.0716. The monoisotopic (exact) mass is 285 g/mol. The van der Waals surface area contributed by atoms with Crippen LogP contribution < -0.4 is 0 Å². The van der Waals surface area contributed by atoms with Gasteiger partial charge in [-0.3, -0.25) is 9.48 Å². The van der Waals surface area contributed by atoms with Gasteiger partial charge in [-0.15, -0.1) is 5.10 Å². The number of hydrogen-bond acceptors (Lipinski definition) is 3. The van der Waals surface area contributed by atoms with E-state index in [2.05, 4.69) is 15.3 Å². The predicted octanol–water partition coefficient (Wildman–Crippen LogP) is 1.79. The van der Waals surface area contributed by atoms with Crippen LogP contribution in [0.4, 0.5) is 0 Å². The van der Waals surface area contributed by atoms with E-state index in [-0.39, 0.29) is 11.9 Å². The molecule has 1 atom stereocenters. The summed E-state index contributed by atoms with van der Waals surface area (Å²) in [5, 5.41) is 8.46. The van der Waals surface area contributed by atoms with Gasteiger partial charge < -0.3 is 9.88 Å². The van der Waals surface area contributed by atoms with Crippen LogP contribution in [-0.2, 0) is 6.54 Å². The van der Waals surface area contributed by atoms with Crippen molar-refractivity contribution in [1.82, 2.24) is 24.9 Å². The molecule has 1 saturated carbocycles. The Balaban J connectivity index is 1.46. The first kappa shape index (κ1) is 12.6. The van der Waals surface area contributed by atoms with Crippen LogP contribution in [0.1, 0.15) is 47.8 Å². The molecular formula is C15H19N5O. The highest BCUT2D eigenvalue weighted by Crippen LogP contribution is 2.38. The first-order valence-electron chi connectivity index (χ1n) is 7.65. The summed E-state index contributed by atoms with van der Waals surface area (Å²) in [6, 6.07) is 3.91. The Morgan fingerprint density at radius 1 is 1.38 bits per heavy atom. The number of nitrogens with zero attached hydrogens (tertiary/aromatic N) is 4. The molecule has 4 rings (SSSR count). The highest BCUT2D eigenvalue weighted by Gasteiger charge is 2.31. The second kappa shape index (κ2) is 5.02. The van der Waals surface area contributed by atoms with E-state index in [4.69, 9.17) is 0 Å². The van der Waals surface area contributed by atoms with E-state index in [1.165, 1.54) is 12.8 Å². The van der Waals surface area contributed by atoms with Gasteiger partial charge in [0.1, 0.15) is 5.69 Å². The largest absolute Gasteiger partial charge is 0.357 e. The Hall–Kier alpha value is -2.11. The van der Waals surface area contributed by atoms with Gasteiger partial charge in [0.15, 0.2) is 0 Å². The fourth-order valence-corrected chi connectivity index (χ4v) is 3.10. The maximum Gasteiger partial charge on any atom is 0.270 e. The van der Waals surface area contributed by atoms with Crippen LogP contribution in [0.2, 0.25) is 0 Å². The van der Waals surface area contributed by atoms with Crippen molar-refractivity contribution >= 4 is 5.91 Å². The maximum absolute atomic E-state index is 12.5. The van der Waals surface area contributed by atoms with Gasteiger partial charge in [0.25, 0.3) is 5.91 Å². The number of carbonyl (C=O) groups excluding carboxylic acids is 1. The molecule has 6 nitrogen and oxygen atoms in total. The lowest BCUT2D eigenvalue weighted by Gasteiger charge is -2.24. The van der Waals surface area contributed by atoms with Gasteiger partial charge in [-0.2, -0.15) is 0 Å². The third-order valence-corrected chi connectivity index (χ3v) is 4.42. The standard InChI is InChI=1S/C15H19N5O/c21-15(13-4-1-7-16-13)20-8-2-3-12(20)9-19-10-14(17-18-19)11-5-6-11/h1,4,7,10-12,16H,2-3,5-6,8-9H2/t12-/m0/s1. The van der Waals surface area contributed by atoms with Crippen molar-refractivity contribution in [1.29, 1.82) is 0 Å². The normalized spacial score (nSPS) is 21.9. The Kier molecular flexibility index (Phi) is 3.02. The molecule has 0 spiro atoms. The van der Waals surface area contributed by atoms with Gasteiger partial charge >= 0.3 is 0 Å². The first-order valence-corrected chi connectivity index (χ1v) is 7.65. The fraction of sp³-hybridized carbons (Fsp3) is 0.533. The highest BCUT2D eigenvalue weighted by atomic mass is 16.2. The lowest BCUT2D eigenvalue weighted by atomic mass is 10.2. The van der Waals surface area contributed by atoms with E-state index in [0.717, 1.165) is 31.6 Å². The van der Waals surface area contributed by atoms with Gasteiger partial charge in [0, 0.05) is 24.9 Å². The average molecular weight is 285 g/mol. The molecule has 2 aromatic heterocycles. The van der Waals surface area contributed by atoms with Gasteiger partial charge in [-0.25, -0.2) is 0 Å². The summed E-state index contributed by atoms with van der Waals surface area (Å²) in [6.07, 6.45) is 8.40. The van der Waals surface area contributed by atoms with E-state index in [1.54, 1.807) is 6.20 Å². The van der Waals surface area contributed by atoms with Crippen molar-refractivity contribution in [3.05, 3.63) is 35.9 Å². The first-order chi connectivity index (χ1) is 10.3. The molecule has 1 N–H and O–H groups in total. The van der Waals surface area contributed by atoms with Crippen molar-refractivity contribution in [3.63, 3.8) is 0 Å². The summed E-state index contributed by atoms with van der Waals surface area (Å²) in [6.45, 7) is 1.57. The van der Waals surface area contributed by atoms with Crippen molar-refractivity contribution in [2.24, 2.45) is 0 Å². The molecule has 2 aromatic rings. The van der Waals surface area contributed by atoms with Crippen LogP contribution >= 0.6 is 0 Å². The van der Waals surface area contributed by atoms with E-state index in [0.29, 0.717) is 11.6 Å². The number of aromatic amines is 1. The summed E-state index contributed by atoms with van der Waals surface area (Å²) in [7, 11) is 0. The van der Waals surface area contributed by atoms with E-state index in [1.807, 2.05) is 27.9 Å². The quantitative estimate of drug-likeness (QED) is 0.931. The van der Waals surface area contributed by atoms with Gasteiger partial charge in [-0.05, 0) is 37.8 Å². The number of H-pyrrole nitrogens is 1. The van der Waals surface area contributed by atoms with Crippen molar-refractivity contribution < 1.29 is 4.79 Å². The van der Waals surface area contributed by atoms with Gasteiger partial charge in [0.2, 0.25) is 0 Å². The Bertz CT molecular complexity index is 628. The molecule has 0 bridgehead atoms. The molecule has 2 fully saturated rings. The van der Waals surface area contributed by atoms with Crippen molar-refractivity contribution in [3.8, 4) is 0 Å². The van der Waals surface area contributed by atoms with Crippen LogP contribution in [-0.4, -0.2) is 43.4 Å². The Labute approximate surface area is 123 Å². The lowest BCUT2D eigenvalue weighted by Crippen LogP contribution is -2.38. The van der Waals surface area contributed by atoms with Crippen LogP contribution in [0.3, 0.4) is 0 Å². The molecule has 1 aliphatic carbocycles. The highest BCUT2D eigenvalue weighted by molar-refractivity contribution is 5.92. The van der Waals surface area contributed by atoms with Crippen LogP contribution in [0.15, 0.2) is 24.5 Å². The predicted molar refractivity (Wildman–Crippen MR) is 76.8 cm³/mol. The van der Waals surface area contributed by atoms with Gasteiger partial charge in [0.05, 0.1) is 18.3 Å². The maximum atomic E-state index is 12.5. The summed E-state index contributed by atoms with van der Waals surface area (Å²) in [5.74, 6) is 0.712. The molecule has 2 aliphatic rings. The van der Waals surface area contributed by atoms with Crippen molar-refractivity contribution in [2.45, 2.75) is 44.2 Å². The fourth-order valence-electron chi connectivity index (χ4n) is 3.10. The van der Waals surface area contributed by atoms with Crippen LogP contribution in [0.25, 0.3) is 0 Å². The minimum Gasteiger partial charge on any atom is -0.357 e. The van der Waals surface area contributed by atoms with Gasteiger partial charge in [-0.1, -0.05) is 5.21 Å². The van der Waals surface area contributed by atoms with E-state index >= 15 is 0 Å². The molecule has 3 heterocycles. The number of aromatic nitrogens is 4. The zero-order chi connectivity index (χ0) is 14.2. The summed E-state index contributed by atoms with van der Waals surface area (Å²) < 4.78 is 1.90. The molecule has 0 aromatic carbocycles. The number of nitrogens with one attached hydrogen (secondary N) is 1. The van der Waals surface area contributed by atoms with E-state index in [9.17, 15) is 4.79 Å².